The minimum absolute atomic E-state index is 0.425. The third kappa shape index (κ3) is 3.22. The van der Waals surface area contributed by atoms with E-state index in [1.807, 2.05) is 0 Å². The second-order valence-electron chi connectivity index (χ2n) is 5.84. The summed E-state index contributed by atoms with van der Waals surface area (Å²) in [6, 6.07) is 9.86. The van der Waals surface area contributed by atoms with Crippen LogP contribution in [0.3, 0.4) is 0 Å². The lowest BCUT2D eigenvalue weighted by molar-refractivity contribution is 0.111. The molecule has 0 radical (unpaired) electrons. The van der Waals surface area contributed by atoms with Gasteiger partial charge in [-0.2, -0.15) is 0 Å². The van der Waals surface area contributed by atoms with Crippen molar-refractivity contribution in [1.82, 2.24) is 10.2 Å². The highest BCUT2D eigenvalue weighted by Crippen LogP contribution is 2.39. The van der Waals surface area contributed by atoms with E-state index in [4.69, 9.17) is 4.74 Å². The van der Waals surface area contributed by atoms with E-state index in [1.54, 1.807) is 7.11 Å². The van der Waals surface area contributed by atoms with Crippen LogP contribution in [-0.2, 0) is 4.74 Å². The van der Waals surface area contributed by atoms with Crippen molar-refractivity contribution in [2.45, 2.75) is 38.3 Å². The van der Waals surface area contributed by atoms with Gasteiger partial charge >= 0.3 is 0 Å². The van der Waals surface area contributed by atoms with E-state index in [1.165, 1.54) is 17.5 Å². The highest BCUT2D eigenvalue weighted by Gasteiger charge is 2.34. The van der Waals surface area contributed by atoms with Crippen molar-refractivity contribution >= 4 is 0 Å². The number of likely N-dealkylation sites (N-methyl/N-ethyl adjacent to an activating group) is 2. The standard InChI is InChI=1S/C17H28N2O/c1-5-18-17-15-9-7-6-8-14(15)13(2)12-16(17)19(3)10-11-20-4/h6-9,13,16-18H,5,10-12H2,1-4H3. The highest BCUT2D eigenvalue weighted by molar-refractivity contribution is 5.36. The largest absolute Gasteiger partial charge is 0.383 e. The van der Waals surface area contributed by atoms with Crippen molar-refractivity contribution in [2.24, 2.45) is 0 Å². The monoisotopic (exact) mass is 276 g/mol. The number of hydrogen-bond donors (Lipinski definition) is 1. The molecule has 1 aromatic carbocycles. The molecule has 1 N–H and O–H groups in total. The average molecular weight is 276 g/mol. The SMILES string of the molecule is CCNC1c2ccccc2C(C)CC1N(C)CCOC. The van der Waals surface area contributed by atoms with Crippen LogP contribution in [0.2, 0.25) is 0 Å². The molecule has 3 unspecified atom stereocenters. The number of ether oxygens (including phenoxy) is 1. The lowest BCUT2D eigenvalue weighted by Gasteiger charge is -2.42. The Morgan fingerprint density at radius 3 is 2.65 bits per heavy atom. The van der Waals surface area contributed by atoms with Gasteiger partial charge in [-0.1, -0.05) is 38.1 Å². The maximum Gasteiger partial charge on any atom is 0.0589 e. The molecule has 0 saturated carbocycles. The molecule has 0 aliphatic heterocycles. The average Bonchev–Trinajstić information content (AvgIpc) is 2.47. The summed E-state index contributed by atoms with van der Waals surface area (Å²) in [6.07, 6.45) is 1.20. The first-order chi connectivity index (χ1) is 9.69. The van der Waals surface area contributed by atoms with Crippen molar-refractivity contribution in [1.29, 1.82) is 0 Å². The summed E-state index contributed by atoms with van der Waals surface area (Å²) in [5, 5.41) is 3.69. The predicted octanol–water partition coefficient (Wildman–Crippen LogP) is 2.79. The van der Waals surface area contributed by atoms with Crippen LogP contribution in [0.15, 0.2) is 24.3 Å². The lowest BCUT2D eigenvalue weighted by Crippen LogP contribution is -2.47. The number of nitrogens with zero attached hydrogens (tertiary/aromatic N) is 1. The summed E-state index contributed by atoms with van der Waals surface area (Å²) in [6.45, 7) is 7.31. The number of hydrogen-bond acceptors (Lipinski definition) is 3. The zero-order valence-corrected chi connectivity index (χ0v) is 13.2. The Labute approximate surface area is 123 Å². The summed E-state index contributed by atoms with van der Waals surface area (Å²) in [5.74, 6) is 0.621. The lowest BCUT2D eigenvalue weighted by atomic mass is 9.77. The topological polar surface area (TPSA) is 24.5 Å². The van der Waals surface area contributed by atoms with Gasteiger partial charge in [-0.25, -0.2) is 0 Å². The zero-order valence-electron chi connectivity index (χ0n) is 13.2. The summed E-state index contributed by atoms with van der Waals surface area (Å²) in [4.78, 5) is 2.45. The fourth-order valence-corrected chi connectivity index (χ4v) is 3.38. The summed E-state index contributed by atoms with van der Waals surface area (Å²) in [7, 11) is 3.99. The molecule has 0 bridgehead atoms. The number of fused-ring (bicyclic) bond motifs is 1. The molecule has 0 heterocycles. The molecular weight excluding hydrogens is 248 g/mol. The molecule has 0 amide bonds. The van der Waals surface area contributed by atoms with E-state index in [0.29, 0.717) is 18.0 Å². The van der Waals surface area contributed by atoms with Gasteiger partial charge in [0.1, 0.15) is 0 Å². The summed E-state index contributed by atoms with van der Waals surface area (Å²) in [5.41, 5.74) is 2.98. The third-order valence-corrected chi connectivity index (χ3v) is 4.48. The highest BCUT2D eigenvalue weighted by atomic mass is 16.5. The number of benzene rings is 1. The molecule has 3 nitrogen and oxygen atoms in total. The Bertz CT molecular complexity index is 421. The molecule has 0 saturated heterocycles. The molecule has 0 aromatic heterocycles. The fourth-order valence-electron chi connectivity index (χ4n) is 3.38. The van der Waals surface area contributed by atoms with Crippen LogP contribution in [0.4, 0.5) is 0 Å². The Morgan fingerprint density at radius 2 is 2.00 bits per heavy atom. The second-order valence-corrected chi connectivity index (χ2v) is 5.84. The molecule has 112 valence electrons. The number of nitrogens with one attached hydrogen (secondary N) is 1. The first-order valence-electron chi connectivity index (χ1n) is 7.70. The molecule has 2 rings (SSSR count). The van der Waals surface area contributed by atoms with Gasteiger partial charge in [-0.15, -0.1) is 0 Å². The van der Waals surface area contributed by atoms with Crippen LogP contribution in [0.5, 0.6) is 0 Å². The Balaban J connectivity index is 2.24. The van der Waals surface area contributed by atoms with E-state index in [-0.39, 0.29) is 0 Å². The van der Waals surface area contributed by atoms with Gasteiger partial charge in [-0.05, 0) is 37.1 Å². The number of methoxy groups -OCH3 is 1. The molecule has 3 atom stereocenters. The van der Waals surface area contributed by atoms with Crippen molar-refractivity contribution in [3.63, 3.8) is 0 Å². The van der Waals surface area contributed by atoms with Crippen molar-refractivity contribution in [3.05, 3.63) is 35.4 Å². The Morgan fingerprint density at radius 1 is 1.30 bits per heavy atom. The fraction of sp³-hybridized carbons (Fsp3) is 0.647. The third-order valence-electron chi connectivity index (χ3n) is 4.48. The molecule has 3 heteroatoms. The van der Waals surface area contributed by atoms with E-state index < -0.39 is 0 Å². The van der Waals surface area contributed by atoms with Gasteiger partial charge in [0.2, 0.25) is 0 Å². The first kappa shape index (κ1) is 15.5. The summed E-state index contributed by atoms with van der Waals surface area (Å²) >= 11 is 0. The normalized spacial score (nSPS) is 25.8. The minimum Gasteiger partial charge on any atom is -0.383 e. The molecule has 1 aliphatic rings. The van der Waals surface area contributed by atoms with E-state index >= 15 is 0 Å². The molecular formula is C17H28N2O. The molecule has 0 spiro atoms. The Kier molecular flexibility index (Phi) is 5.58. The first-order valence-corrected chi connectivity index (χ1v) is 7.70. The molecule has 0 fully saturated rings. The van der Waals surface area contributed by atoms with Crippen LogP contribution >= 0.6 is 0 Å². The molecule has 20 heavy (non-hydrogen) atoms. The number of rotatable bonds is 6. The van der Waals surface area contributed by atoms with Crippen LogP contribution in [0.25, 0.3) is 0 Å². The maximum absolute atomic E-state index is 5.23. The van der Waals surface area contributed by atoms with Crippen LogP contribution < -0.4 is 5.32 Å². The van der Waals surface area contributed by atoms with Crippen molar-refractivity contribution in [2.75, 3.05) is 33.9 Å². The van der Waals surface area contributed by atoms with Crippen LogP contribution in [-0.4, -0.2) is 44.8 Å². The second kappa shape index (κ2) is 7.21. The Hall–Kier alpha value is -0.900. The maximum atomic E-state index is 5.23. The summed E-state index contributed by atoms with van der Waals surface area (Å²) < 4.78 is 5.23. The predicted molar refractivity (Wildman–Crippen MR) is 84.2 cm³/mol. The van der Waals surface area contributed by atoms with Crippen molar-refractivity contribution in [3.8, 4) is 0 Å². The van der Waals surface area contributed by atoms with E-state index in [0.717, 1.165) is 19.7 Å². The minimum atomic E-state index is 0.425. The van der Waals surface area contributed by atoms with Crippen molar-refractivity contribution < 1.29 is 4.74 Å². The van der Waals surface area contributed by atoms with Gasteiger partial charge in [-0.3, -0.25) is 4.90 Å². The zero-order chi connectivity index (χ0) is 14.5. The smallest absolute Gasteiger partial charge is 0.0589 e. The van der Waals surface area contributed by atoms with Gasteiger partial charge in [0, 0.05) is 25.7 Å². The van der Waals surface area contributed by atoms with Crippen LogP contribution in [0.1, 0.15) is 43.4 Å². The van der Waals surface area contributed by atoms with Gasteiger partial charge < -0.3 is 10.1 Å². The molecule has 1 aliphatic carbocycles. The molecule has 1 aromatic rings. The quantitative estimate of drug-likeness (QED) is 0.864. The van der Waals surface area contributed by atoms with Crippen LogP contribution in [0, 0.1) is 0 Å². The van der Waals surface area contributed by atoms with Gasteiger partial charge in [0.25, 0.3) is 0 Å². The van der Waals surface area contributed by atoms with Gasteiger partial charge in [0.15, 0.2) is 0 Å². The van der Waals surface area contributed by atoms with E-state index in [2.05, 4.69) is 55.4 Å². The van der Waals surface area contributed by atoms with Gasteiger partial charge in [0.05, 0.1) is 6.61 Å². The van der Waals surface area contributed by atoms with E-state index in [9.17, 15) is 0 Å².